The predicted molar refractivity (Wildman–Crippen MR) is 82.6 cm³/mol. The van der Waals surface area contributed by atoms with Gasteiger partial charge in [-0.2, -0.15) is 5.10 Å². The summed E-state index contributed by atoms with van der Waals surface area (Å²) in [6.45, 7) is 4.11. The molecule has 0 aliphatic carbocycles. The first-order valence-electron chi connectivity index (χ1n) is 6.30. The van der Waals surface area contributed by atoms with Crippen LogP contribution in [0.25, 0.3) is 0 Å². The molecule has 1 aromatic heterocycles. The van der Waals surface area contributed by atoms with Gasteiger partial charge in [-0.05, 0) is 54.5 Å². The maximum absolute atomic E-state index is 13.7. The summed E-state index contributed by atoms with van der Waals surface area (Å²) in [5.41, 5.74) is 1.77. The van der Waals surface area contributed by atoms with E-state index in [1.54, 1.807) is 12.3 Å². The SMILES string of the molecule is CNC(c1ccc(Cl)c(F)c1)c1c(Br)cnn1C(C)C. The summed E-state index contributed by atoms with van der Waals surface area (Å²) in [6, 6.07) is 4.88. The molecule has 1 N–H and O–H groups in total. The maximum Gasteiger partial charge on any atom is 0.142 e. The summed E-state index contributed by atoms with van der Waals surface area (Å²) in [7, 11) is 1.83. The Hall–Kier alpha value is -0.910. The van der Waals surface area contributed by atoms with E-state index in [-0.39, 0.29) is 17.1 Å². The topological polar surface area (TPSA) is 29.9 Å². The van der Waals surface area contributed by atoms with E-state index in [2.05, 4.69) is 40.2 Å². The molecular weight excluding hydrogens is 345 g/mol. The van der Waals surface area contributed by atoms with Crippen molar-refractivity contribution >= 4 is 27.5 Å². The smallest absolute Gasteiger partial charge is 0.142 e. The Morgan fingerprint density at radius 1 is 1.40 bits per heavy atom. The molecule has 0 aliphatic heterocycles. The van der Waals surface area contributed by atoms with Crippen molar-refractivity contribution in [1.29, 1.82) is 0 Å². The number of benzene rings is 1. The van der Waals surface area contributed by atoms with Gasteiger partial charge in [0.2, 0.25) is 0 Å². The molecular formula is C14H16BrClFN3. The highest BCUT2D eigenvalue weighted by atomic mass is 79.9. The zero-order chi connectivity index (χ0) is 14.9. The lowest BCUT2D eigenvalue weighted by Crippen LogP contribution is -2.23. The zero-order valence-corrected chi connectivity index (χ0v) is 13.8. The predicted octanol–water partition coefficient (Wildman–Crippen LogP) is 4.33. The summed E-state index contributed by atoms with van der Waals surface area (Å²) >= 11 is 9.26. The van der Waals surface area contributed by atoms with E-state index in [0.717, 1.165) is 15.7 Å². The van der Waals surface area contributed by atoms with Crippen LogP contribution in [0.4, 0.5) is 4.39 Å². The summed E-state index contributed by atoms with van der Waals surface area (Å²) in [5.74, 6) is -0.420. The second kappa shape index (κ2) is 6.24. The van der Waals surface area contributed by atoms with E-state index in [0.29, 0.717) is 0 Å². The molecule has 3 nitrogen and oxygen atoms in total. The molecule has 0 saturated carbocycles. The number of rotatable bonds is 4. The Morgan fingerprint density at radius 3 is 2.65 bits per heavy atom. The molecule has 1 aromatic carbocycles. The van der Waals surface area contributed by atoms with Gasteiger partial charge in [-0.25, -0.2) is 4.39 Å². The molecule has 2 rings (SSSR count). The van der Waals surface area contributed by atoms with Crippen LogP contribution < -0.4 is 5.32 Å². The van der Waals surface area contributed by atoms with Crippen LogP contribution in [0.2, 0.25) is 5.02 Å². The molecule has 0 saturated heterocycles. The molecule has 0 amide bonds. The van der Waals surface area contributed by atoms with Crippen molar-refractivity contribution in [2.24, 2.45) is 0 Å². The van der Waals surface area contributed by atoms with Gasteiger partial charge in [-0.1, -0.05) is 17.7 Å². The van der Waals surface area contributed by atoms with Crippen LogP contribution in [0, 0.1) is 5.82 Å². The Bertz CT molecular complexity index is 612. The fourth-order valence-corrected chi connectivity index (χ4v) is 2.81. The van der Waals surface area contributed by atoms with Gasteiger partial charge in [-0.3, -0.25) is 4.68 Å². The van der Waals surface area contributed by atoms with E-state index < -0.39 is 5.82 Å². The summed E-state index contributed by atoms with van der Waals surface area (Å²) < 4.78 is 16.5. The number of hydrogen-bond donors (Lipinski definition) is 1. The molecule has 0 bridgehead atoms. The third-order valence-corrected chi connectivity index (χ3v) is 4.03. The minimum atomic E-state index is -0.420. The molecule has 1 unspecified atom stereocenters. The van der Waals surface area contributed by atoms with E-state index in [9.17, 15) is 4.39 Å². The second-order valence-corrected chi connectivity index (χ2v) is 6.07. The first-order valence-corrected chi connectivity index (χ1v) is 7.48. The van der Waals surface area contributed by atoms with Gasteiger partial charge in [-0.15, -0.1) is 0 Å². The molecule has 2 aromatic rings. The Kier molecular flexibility index (Phi) is 4.83. The Labute approximate surface area is 131 Å². The molecule has 0 aliphatic rings. The third-order valence-electron chi connectivity index (χ3n) is 3.12. The van der Waals surface area contributed by atoms with Crippen molar-refractivity contribution in [1.82, 2.24) is 15.1 Å². The molecule has 1 heterocycles. The molecule has 0 radical (unpaired) electrons. The van der Waals surface area contributed by atoms with Crippen LogP contribution in [0.1, 0.15) is 37.2 Å². The normalized spacial score (nSPS) is 12.9. The van der Waals surface area contributed by atoms with Gasteiger partial charge in [0.1, 0.15) is 5.82 Å². The van der Waals surface area contributed by atoms with Gasteiger partial charge >= 0.3 is 0 Å². The van der Waals surface area contributed by atoms with Crippen LogP contribution in [0.5, 0.6) is 0 Å². The molecule has 20 heavy (non-hydrogen) atoms. The highest BCUT2D eigenvalue weighted by molar-refractivity contribution is 9.10. The molecule has 0 spiro atoms. The fourth-order valence-electron chi connectivity index (χ4n) is 2.19. The summed E-state index contributed by atoms with van der Waals surface area (Å²) in [5, 5.41) is 7.69. The van der Waals surface area contributed by atoms with Crippen molar-refractivity contribution in [3.8, 4) is 0 Å². The van der Waals surface area contributed by atoms with Crippen LogP contribution in [0.15, 0.2) is 28.9 Å². The van der Waals surface area contributed by atoms with Crippen molar-refractivity contribution in [2.45, 2.75) is 25.9 Å². The summed E-state index contributed by atoms with van der Waals surface area (Å²) in [4.78, 5) is 0. The minimum Gasteiger partial charge on any atom is -0.308 e. The van der Waals surface area contributed by atoms with Gasteiger partial charge < -0.3 is 5.32 Å². The lowest BCUT2D eigenvalue weighted by Gasteiger charge is -2.21. The van der Waals surface area contributed by atoms with E-state index in [1.807, 2.05) is 17.8 Å². The first kappa shape index (κ1) is 15.5. The molecule has 108 valence electrons. The van der Waals surface area contributed by atoms with Crippen LogP contribution in [-0.2, 0) is 0 Å². The first-order chi connectivity index (χ1) is 9.45. The maximum atomic E-state index is 13.7. The van der Waals surface area contributed by atoms with Crippen LogP contribution >= 0.6 is 27.5 Å². The lowest BCUT2D eigenvalue weighted by atomic mass is 10.0. The van der Waals surface area contributed by atoms with Gasteiger partial charge in [0, 0.05) is 6.04 Å². The Balaban J connectivity index is 2.52. The number of halogens is 3. The second-order valence-electron chi connectivity index (χ2n) is 4.81. The Morgan fingerprint density at radius 2 is 2.10 bits per heavy atom. The van der Waals surface area contributed by atoms with Gasteiger partial charge in [0.15, 0.2) is 0 Å². The summed E-state index contributed by atoms with van der Waals surface area (Å²) in [6.07, 6.45) is 1.76. The standard InChI is InChI=1S/C14H16BrClFN3/c1-8(2)20-14(10(15)7-19-20)13(18-3)9-4-5-11(16)12(17)6-9/h4-8,13,18H,1-3H3. The van der Waals surface area contributed by atoms with Gasteiger partial charge in [0.05, 0.1) is 27.4 Å². The van der Waals surface area contributed by atoms with Crippen molar-refractivity contribution in [2.75, 3.05) is 7.05 Å². The number of aromatic nitrogens is 2. The fraction of sp³-hybridized carbons (Fsp3) is 0.357. The number of nitrogens with one attached hydrogen (secondary N) is 1. The van der Waals surface area contributed by atoms with Gasteiger partial charge in [0.25, 0.3) is 0 Å². The lowest BCUT2D eigenvalue weighted by molar-refractivity contribution is 0.482. The van der Waals surface area contributed by atoms with Crippen LogP contribution in [0.3, 0.4) is 0 Å². The quantitative estimate of drug-likeness (QED) is 0.879. The van der Waals surface area contributed by atoms with Crippen LogP contribution in [-0.4, -0.2) is 16.8 Å². The van der Waals surface area contributed by atoms with Crippen molar-refractivity contribution < 1.29 is 4.39 Å². The molecule has 6 heteroatoms. The number of hydrogen-bond acceptors (Lipinski definition) is 2. The monoisotopic (exact) mass is 359 g/mol. The highest BCUT2D eigenvalue weighted by Gasteiger charge is 2.22. The largest absolute Gasteiger partial charge is 0.308 e. The number of nitrogens with zero attached hydrogens (tertiary/aromatic N) is 2. The van der Waals surface area contributed by atoms with Crippen molar-refractivity contribution in [3.05, 3.63) is 51.0 Å². The zero-order valence-electron chi connectivity index (χ0n) is 11.5. The van der Waals surface area contributed by atoms with E-state index in [4.69, 9.17) is 11.6 Å². The average Bonchev–Trinajstić information content (AvgIpc) is 2.77. The molecule has 0 fully saturated rings. The highest BCUT2D eigenvalue weighted by Crippen LogP contribution is 2.31. The third kappa shape index (κ3) is 2.90. The minimum absolute atomic E-state index is 0.125. The van der Waals surface area contributed by atoms with E-state index >= 15 is 0 Å². The van der Waals surface area contributed by atoms with E-state index in [1.165, 1.54) is 6.07 Å². The molecule has 1 atom stereocenters. The average molecular weight is 361 g/mol. The van der Waals surface area contributed by atoms with Crippen molar-refractivity contribution in [3.63, 3.8) is 0 Å².